The standard InChI is InChI=1S/C21H27F3N8O/c1-10(2)17-19(33)29-16-11(3)27-20(30-18(16)32(17)5)28-12-6-13(7-12)31(4)15-9-25-14(8-26-15)21(22,23)24/h8-10,12-13,17H,6-7H2,1-5H3,(H,29,33)(H,27,28,30)/t12-,13-,17?. The fourth-order valence-corrected chi connectivity index (χ4v) is 4.32. The summed E-state index contributed by atoms with van der Waals surface area (Å²) in [4.78, 5) is 32.7. The molecule has 0 spiro atoms. The molecular formula is C21H27F3N8O. The van der Waals surface area contributed by atoms with Crippen LogP contribution in [0.3, 0.4) is 0 Å². The molecule has 4 rings (SSSR count). The lowest BCUT2D eigenvalue weighted by atomic mass is 9.86. The maximum atomic E-state index is 12.7. The Morgan fingerprint density at radius 1 is 1.21 bits per heavy atom. The van der Waals surface area contributed by atoms with Gasteiger partial charge in [0, 0.05) is 26.2 Å². The Labute approximate surface area is 189 Å². The van der Waals surface area contributed by atoms with Crippen LogP contribution in [0, 0.1) is 12.8 Å². The van der Waals surface area contributed by atoms with Gasteiger partial charge >= 0.3 is 6.18 Å². The number of anilines is 4. The Balaban J connectivity index is 1.41. The van der Waals surface area contributed by atoms with E-state index >= 15 is 0 Å². The zero-order chi connectivity index (χ0) is 24.1. The summed E-state index contributed by atoms with van der Waals surface area (Å²) in [5.74, 6) is 1.60. The lowest BCUT2D eigenvalue weighted by Gasteiger charge is -2.42. The highest BCUT2D eigenvalue weighted by molar-refractivity contribution is 6.03. The predicted molar refractivity (Wildman–Crippen MR) is 118 cm³/mol. The maximum Gasteiger partial charge on any atom is 0.434 e. The number of hydrogen-bond acceptors (Lipinski definition) is 8. The normalized spacial score (nSPS) is 22.5. The molecule has 0 aromatic carbocycles. The molecule has 33 heavy (non-hydrogen) atoms. The Kier molecular flexibility index (Phi) is 5.79. The Morgan fingerprint density at radius 3 is 2.48 bits per heavy atom. The first-order valence-electron chi connectivity index (χ1n) is 10.8. The quantitative estimate of drug-likeness (QED) is 0.697. The summed E-state index contributed by atoms with van der Waals surface area (Å²) in [6.45, 7) is 5.81. The third-order valence-electron chi connectivity index (χ3n) is 6.25. The van der Waals surface area contributed by atoms with E-state index < -0.39 is 11.9 Å². The lowest BCUT2D eigenvalue weighted by molar-refractivity contribution is -0.141. The van der Waals surface area contributed by atoms with Crippen LogP contribution in [0.15, 0.2) is 12.4 Å². The molecule has 2 aromatic rings. The zero-order valence-corrected chi connectivity index (χ0v) is 19.1. The lowest BCUT2D eigenvalue weighted by Crippen LogP contribution is -2.50. The molecule has 1 aliphatic carbocycles. The van der Waals surface area contributed by atoms with Gasteiger partial charge in [-0.05, 0) is 25.7 Å². The number of alkyl halides is 3. The average molecular weight is 464 g/mol. The first-order valence-corrected chi connectivity index (χ1v) is 10.8. The number of amides is 1. The molecule has 2 N–H and O–H groups in total. The average Bonchev–Trinajstić information content (AvgIpc) is 2.70. The minimum absolute atomic E-state index is 0.0661. The van der Waals surface area contributed by atoms with Crippen LogP contribution in [0.4, 0.5) is 36.4 Å². The molecule has 0 saturated heterocycles. The molecule has 9 nitrogen and oxygen atoms in total. The molecule has 3 heterocycles. The van der Waals surface area contributed by atoms with E-state index in [4.69, 9.17) is 0 Å². The van der Waals surface area contributed by atoms with E-state index in [1.807, 2.05) is 37.6 Å². The third kappa shape index (κ3) is 4.38. The predicted octanol–water partition coefficient (Wildman–Crippen LogP) is 3.09. The van der Waals surface area contributed by atoms with Gasteiger partial charge in [0.25, 0.3) is 0 Å². The number of carbonyl (C=O) groups is 1. The summed E-state index contributed by atoms with van der Waals surface area (Å²) < 4.78 is 38.1. The summed E-state index contributed by atoms with van der Waals surface area (Å²) in [5.41, 5.74) is 0.295. The molecule has 2 aromatic heterocycles. The number of aryl methyl sites for hydroxylation is 1. The summed E-state index contributed by atoms with van der Waals surface area (Å²) in [6, 6.07) is -0.0903. The van der Waals surface area contributed by atoms with Crippen molar-refractivity contribution in [1.29, 1.82) is 0 Å². The van der Waals surface area contributed by atoms with Gasteiger partial charge in [0.1, 0.15) is 17.5 Å². The monoisotopic (exact) mass is 464 g/mol. The Morgan fingerprint density at radius 2 is 1.91 bits per heavy atom. The summed E-state index contributed by atoms with van der Waals surface area (Å²) in [7, 11) is 3.65. The number of rotatable bonds is 5. The van der Waals surface area contributed by atoms with E-state index in [1.54, 1.807) is 7.05 Å². The van der Waals surface area contributed by atoms with Crippen molar-refractivity contribution in [1.82, 2.24) is 19.9 Å². The van der Waals surface area contributed by atoms with Gasteiger partial charge in [-0.15, -0.1) is 0 Å². The van der Waals surface area contributed by atoms with E-state index in [0.717, 1.165) is 25.2 Å². The smallest absolute Gasteiger partial charge is 0.355 e. The van der Waals surface area contributed by atoms with Crippen molar-refractivity contribution >= 4 is 29.2 Å². The van der Waals surface area contributed by atoms with Crippen molar-refractivity contribution in [2.45, 2.75) is 57.9 Å². The molecule has 1 aliphatic heterocycles. The molecule has 2 aliphatic rings. The van der Waals surface area contributed by atoms with Gasteiger partial charge < -0.3 is 20.4 Å². The Bertz CT molecular complexity index is 1040. The molecule has 0 bridgehead atoms. The topological polar surface area (TPSA) is 99.2 Å². The maximum absolute atomic E-state index is 12.7. The molecule has 12 heteroatoms. The molecule has 1 amide bonds. The largest absolute Gasteiger partial charge is 0.434 e. The van der Waals surface area contributed by atoms with Gasteiger partial charge in [-0.2, -0.15) is 18.2 Å². The second-order valence-electron chi connectivity index (χ2n) is 8.96. The number of halogens is 3. The van der Waals surface area contributed by atoms with Crippen LogP contribution in [0.5, 0.6) is 0 Å². The first kappa shape index (κ1) is 23.0. The molecule has 1 atom stereocenters. The summed E-state index contributed by atoms with van der Waals surface area (Å²) in [5, 5.41) is 6.27. The van der Waals surface area contributed by atoms with Crippen LogP contribution in [0.2, 0.25) is 0 Å². The highest BCUT2D eigenvalue weighted by atomic mass is 19.4. The number of likely N-dealkylation sites (N-methyl/N-ethyl adjacent to an activating group) is 1. The van der Waals surface area contributed by atoms with Gasteiger partial charge in [-0.25, -0.2) is 15.0 Å². The zero-order valence-electron chi connectivity index (χ0n) is 19.1. The van der Waals surface area contributed by atoms with Crippen molar-refractivity contribution in [3.8, 4) is 0 Å². The second kappa shape index (κ2) is 8.31. The van der Waals surface area contributed by atoms with Crippen molar-refractivity contribution in [2.24, 2.45) is 5.92 Å². The highest BCUT2D eigenvalue weighted by Gasteiger charge is 2.37. The van der Waals surface area contributed by atoms with E-state index in [0.29, 0.717) is 29.0 Å². The van der Waals surface area contributed by atoms with Gasteiger partial charge in [0.15, 0.2) is 11.5 Å². The number of fused-ring (bicyclic) bond motifs is 1. The van der Waals surface area contributed by atoms with Gasteiger partial charge in [-0.1, -0.05) is 13.8 Å². The van der Waals surface area contributed by atoms with E-state index in [1.165, 1.54) is 0 Å². The van der Waals surface area contributed by atoms with Crippen LogP contribution < -0.4 is 20.4 Å². The van der Waals surface area contributed by atoms with Crippen molar-refractivity contribution in [3.63, 3.8) is 0 Å². The highest BCUT2D eigenvalue weighted by Crippen LogP contribution is 2.36. The number of hydrogen-bond donors (Lipinski definition) is 2. The van der Waals surface area contributed by atoms with Crippen molar-refractivity contribution in [3.05, 3.63) is 23.8 Å². The number of nitrogens with zero attached hydrogens (tertiary/aromatic N) is 6. The first-order chi connectivity index (χ1) is 15.5. The van der Waals surface area contributed by atoms with E-state index in [9.17, 15) is 18.0 Å². The molecule has 1 fully saturated rings. The fourth-order valence-electron chi connectivity index (χ4n) is 4.32. The van der Waals surface area contributed by atoms with Crippen LogP contribution in [-0.4, -0.2) is 58.1 Å². The minimum Gasteiger partial charge on any atom is -0.355 e. The number of aromatic nitrogens is 4. The number of carbonyl (C=O) groups excluding carboxylic acids is 1. The van der Waals surface area contributed by atoms with Crippen LogP contribution >= 0.6 is 0 Å². The van der Waals surface area contributed by atoms with Gasteiger partial charge in [-0.3, -0.25) is 4.79 Å². The van der Waals surface area contributed by atoms with Crippen molar-refractivity contribution < 1.29 is 18.0 Å². The molecule has 1 unspecified atom stereocenters. The fraction of sp³-hybridized carbons (Fsp3) is 0.571. The molecule has 1 saturated carbocycles. The Hall–Kier alpha value is -3.18. The third-order valence-corrected chi connectivity index (χ3v) is 6.25. The van der Waals surface area contributed by atoms with E-state index in [-0.39, 0.29) is 30.0 Å². The summed E-state index contributed by atoms with van der Waals surface area (Å²) >= 11 is 0. The van der Waals surface area contributed by atoms with Crippen LogP contribution in [0.25, 0.3) is 0 Å². The summed E-state index contributed by atoms with van der Waals surface area (Å²) in [6.07, 6.45) is -1.10. The van der Waals surface area contributed by atoms with Crippen molar-refractivity contribution in [2.75, 3.05) is 34.5 Å². The SMILES string of the molecule is Cc1nc(N[C@H]2C[C@H](N(C)c3cnc(C(F)(F)F)cn3)C2)nc2c1NC(=O)C(C(C)C)N2C. The van der Waals surface area contributed by atoms with E-state index in [2.05, 4.69) is 30.6 Å². The van der Waals surface area contributed by atoms with Crippen LogP contribution in [-0.2, 0) is 11.0 Å². The minimum atomic E-state index is -4.51. The molecule has 178 valence electrons. The molecule has 0 radical (unpaired) electrons. The number of nitrogens with one attached hydrogen (secondary N) is 2. The van der Waals surface area contributed by atoms with Crippen LogP contribution in [0.1, 0.15) is 38.1 Å². The second-order valence-corrected chi connectivity index (χ2v) is 8.96. The van der Waals surface area contributed by atoms with Gasteiger partial charge in [0.2, 0.25) is 11.9 Å². The molecular weight excluding hydrogens is 437 g/mol. The van der Waals surface area contributed by atoms with Gasteiger partial charge in [0.05, 0.1) is 18.1 Å².